The van der Waals surface area contributed by atoms with Crippen LogP contribution in [0.2, 0.25) is 0 Å². The molecular formula is C16H20N4O3. The highest BCUT2D eigenvalue weighted by molar-refractivity contribution is 5.79. The largest absolute Gasteiger partial charge is 0.480 e. The average Bonchev–Trinajstić information content (AvgIpc) is 2.95. The lowest BCUT2D eigenvalue weighted by Gasteiger charge is -2.37. The number of carboxylic acids is 1. The normalized spacial score (nSPS) is 19.2. The number of carbonyl (C=O) groups excluding carboxylic acids is 1. The molecule has 7 heteroatoms. The maximum Gasteiger partial charge on any atom is 0.322 e. The number of hydrogen-bond acceptors (Lipinski definition) is 4. The van der Waals surface area contributed by atoms with Gasteiger partial charge in [0.1, 0.15) is 11.7 Å². The van der Waals surface area contributed by atoms with Crippen LogP contribution in [0.1, 0.15) is 12.1 Å². The van der Waals surface area contributed by atoms with Gasteiger partial charge in [0.05, 0.1) is 5.69 Å². The third kappa shape index (κ3) is 3.34. The number of imidazole rings is 1. The van der Waals surface area contributed by atoms with Gasteiger partial charge in [-0.15, -0.1) is 0 Å². The first kappa shape index (κ1) is 15.5. The summed E-state index contributed by atoms with van der Waals surface area (Å²) in [5, 5.41) is 9.20. The lowest BCUT2D eigenvalue weighted by atomic mass is 10.1. The number of fused-ring (bicyclic) bond motifs is 1. The summed E-state index contributed by atoms with van der Waals surface area (Å²) in [7, 11) is 1.78. The molecule has 3 rings (SSSR count). The Morgan fingerprint density at radius 3 is 2.91 bits per heavy atom. The number of aryl methyl sites for hydroxylation is 1. The Kier molecular flexibility index (Phi) is 4.29. The molecule has 3 heterocycles. The van der Waals surface area contributed by atoms with Crippen LogP contribution < -0.4 is 0 Å². The standard InChI is InChI=1S/C16H20N4O3/c1-18-8-9-20(11-13(18)16(22)23)15(21)6-5-12-10-19-7-3-2-4-14(19)17-12/h2-4,7,10,13H,5-6,8-9,11H2,1H3,(H,22,23). The fourth-order valence-electron chi connectivity index (χ4n) is 2.87. The number of likely N-dealkylation sites (N-methyl/N-ethyl adjacent to an activating group) is 1. The second-order valence-corrected chi connectivity index (χ2v) is 5.87. The van der Waals surface area contributed by atoms with E-state index in [1.54, 1.807) is 16.8 Å². The summed E-state index contributed by atoms with van der Waals surface area (Å²) in [5.41, 5.74) is 1.73. The number of rotatable bonds is 4. The first-order valence-electron chi connectivity index (χ1n) is 7.68. The summed E-state index contributed by atoms with van der Waals surface area (Å²) in [6.45, 7) is 1.40. The summed E-state index contributed by atoms with van der Waals surface area (Å²) in [6, 6.07) is 5.15. The van der Waals surface area contributed by atoms with Crippen LogP contribution >= 0.6 is 0 Å². The fraction of sp³-hybridized carbons (Fsp3) is 0.438. The van der Waals surface area contributed by atoms with Crippen molar-refractivity contribution in [2.24, 2.45) is 0 Å². The molecule has 2 aromatic rings. The highest BCUT2D eigenvalue weighted by Crippen LogP contribution is 2.12. The zero-order valence-corrected chi connectivity index (χ0v) is 13.1. The SMILES string of the molecule is CN1CCN(C(=O)CCc2cn3ccccc3n2)CC1C(=O)O. The first-order chi connectivity index (χ1) is 11.0. The number of nitrogens with zero attached hydrogens (tertiary/aromatic N) is 4. The van der Waals surface area contributed by atoms with Gasteiger partial charge in [0.25, 0.3) is 0 Å². The molecule has 1 aliphatic rings. The monoisotopic (exact) mass is 316 g/mol. The van der Waals surface area contributed by atoms with Crippen LogP contribution in [0, 0.1) is 0 Å². The van der Waals surface area contributed by atoms with Gasteiger partial charge in [-0.1, -0.05) is 6.07 Å². The minimum atomic E-state index is -0.884. The molecule has 0 saturated carbocycles. The second-order valence-electron chi connectivity index (χ2n) is 5.87. The zero-order valence-electron chi connectivity index (χ0n) is 13.1. The van der Waals surface area contributed by atoms with Crippen molar-refractivity contribution in [3.8, 4) is 0 Å². The summed E-state index contributed by atoms with van der Waals surface area (Å²) in [6.07, 6.45) is 4.75. The van der Waals surface area contributed by atoms with Crippen molar-refractivity contribution in [3.05, 3.63) is 36.3 Å². The number of amides is 1. The number of aliphatic carboxylic acids is 1. The van der Waals surface area contributed by atoms with E-state index in [-0.39, 0.29) is 12.5 Å². The first-order valence-corrected chi connectivity index (χ1v) is 7.68. The Morgan fingerprint density at radius 2 is 2.17 bits per heavy atom. The van der Waals surface area contributed by atoms with E-state index in [0.29, 0.717) is 25.9 Å². The molecular weight excluding hydrogens is 296 g/mol. The lowest BCUT2D eigenvalue weighted by molar-refractivity contribution is -0.147. The van der Waals surface area contributed by atoms with Gasteiger partial charge in [0, 0.05) is 38.4 Å². The molecule has 0 spiro atoms. The molecule has 1 amide bonds. The molecule has 0 radical (unpaired) electrons. The van der Waals surface area contributed by atoms with E-state index in [0.717, 1.165) is 11.3 Å². The number of aromatic nitrogens is 2. The average molecular weight is 316 g/mol. The van der Waals surface area contributed by atoms with Crippen LogP contribution in [0.3, 0.4) is 0 Å². The molecule has 0 aliphatic carbocycles. The van der Waals surface area contributed by atoms with E-state index < -0.39 is 12.0 Å². The molecule has 1 atom stereocenters. The minimum Gasteiger partial charge on any atom is -0.480 e. The molecule has 23 heavy (non-hydrogen) atoms. The van der Waals surface area contributed by atoms with Crippen molar-refractivity contribution in [2.45, 2.75) is 18.9 Å². The molecule has 1 fully saturated rings. The molecule has 1 aliphatic heterocycles. The summed E-state index contributed by atoms with van der Waals surface area (Å²) in [5.74, 6) is -0.897. The maximum absolute atomic E-state index is 12.3. The van der Waals surface area contributed by atoms with Gasteiger partial charge in [-0.05, 0) is 25.6 Å². The molecule has 1 saturated heterocycles. The highest BCUT2D eigenvalue weighted by Gasteiger charge is 2.31. The Hall–Kier alpha value is -2.41. The summed E-state index contributed by atoms with van der Waals surface area (Å²) < 4.78 is 1.93. The molecule has 1 unspecified atom stereocenters. The molecule has 0 aromatic carbocycles. The third-order valence-electron chi connectivity index (χ3n) is 4.29. The number of hydrogen-bond donors (Lipinski definition) is 1. The van der Waals surface area contributed by atoms with Crippen LogP contribution in [0.5, 0.6) is 0 Å². The van der Waals surface area contributed by atoms with E-state index in [2.05, 4.69) is 4.98 Å². The smallest absolute Gasteiger partial charge is 0.322 e. The summed E-state index contributed by atoms with van der Waals surface area (Å²) >= 11 is 0. The molecule has 1 N–H and O–H groups in total. The van der Waals surface area contributed by atoms with Crippen molar-refractivity contribution in [1.29, 1.82) is 0 Å². The van der Waals surface area contributed by atoms with Crippen LogP contribution in [0.4, 0.5) is 0 Å². The van der Waals surface area contributed by atoms with Crippen LogP contribution in [0.25, 0.3) is 5.65 Å². The van der Waals surface area contributed by atoms with Gasteiger partial charge in [0.15, 0.2) is 0 Å². The third-order valence-corrected chi connectivity index (χ3v) is 4.29. The van der Waals surface area contributed by atoms with Gasteiger partial charge >= 0.3 is 5.97 Å². The van der Waals surface area contributed by atoms with Crippen LogP contribution in [0.15, 0.2) is 30.6 Å². The van der Waals surface area contributed by atoms with Gasteiger partial charge in [0.2, 0.25) is 5.91 Å². The van der Waals surface area contributed by atoms with Crippen molar-refractivity contribution >= 4 is 17.5 Å². The predicted octanol–water partition coefficient (Wildman–Crippen LogP) is 0.494. The van der Waals surface area contributed by atoms with E-state index in [4.69, 9.17) is 0 Å². The Morgan fingerprint density at radius 1 is 1.35 bits per heavy atom. The van der Waals surface area contributed by atoms with Crippen LogP contribution in [-0.4, -0.2) is 68.9 Å². The number of carbonyl (C=O) groups is 2. The maximum atomic E-state index is 12.3. The van der Waals surface area contributed by atoms with Crippen molar-refractivity contribution in [1.82, 2.24) is 19.2 Å². The van der Waals surface area contributed by atoms with E-state index in [1.807, 2.05) is 35.0 Å². The predicted molar refractivity (Wildman–Crippen MR) is 84.1 cm³/mol. The summed E-state index contributed by atoms with van der Waals surface area (Å²) in [4.78, 5) is 31.5. The number of carboxylic acid groups (broad SMARTS) is 1. The van der Waals surface area contributed by atoms with Crippen LogP contribution in [-0.2, 0) is 16.0 Å². The molecule has 2 aromatic heterocycles. The Bertz CT molecular complexity index is 694. The van der Waals surface area contributed by atoms with Gasteiger partial charge in [-0.25, -0.2) is 4.98 Å². The zero-order chi connectivity index (χ0) is 16.4. The fourth-order valence-corrected chi connectivity index (χ4v) is 2.87. The lowest BCUT2D eigenvalue weighted by Crippen LogP contribution is -2.56. The topological polar surface area (TPSA) is 78.2 Å². The van der Waals surface area contributed by atoms with E-state index in [1.165, 1.54) is 0 Å². The quantitative estimate of drug-likeness (QED) is 0.888. The van der Waals surface area contributed by atoms with Gasteiger partial charge in [-0.2, -0.15) is 0 Å². The Labute approximate surface area is 134 Å². The van der Waals surface area contributed by atoms with E-state index >= 15 is 0 Å². The number of pyridine rings is 1. The van der Waals surface area contributed by atoms with Crippen molar-refractivity contribution in [2.75, 3.05) is 26.7 Å². The molecule has 7 nitrogen and oxygen atoms in total. The minimum absolute atomic E-state index is 0.0126. The van der Waals surface area contributed by atoms with Gasteiger partial charge in [-0.3, -0.25) is 14.5 Å². The second kappa shape index (κ2) is 6.37. The number of piperazine rings is 1. The van der Waals surface area contributed by atoms with Crippen molar-refractivity contribution in [3.63, 3.8) is 0 Å². The molecule has 0 bridgehead atoms. The highest BCUT2D eigenvalue weighted by atomic mass is 16.4. The molecule has 122 valence electrons. The van der Waals surface area contributed by atoms with Gasteiger partial charge < -0.3 is 14.4 Å². The van der Waals surface area contributed by atoms with Crippen molar-refractivity contribution < 1.29 is 14.7 Å². The van der Waals surface area contributed by atoms with E-state index in [9.17, 15) is 14.7 Å². The Balaban J connectivity index is 1.59.